The summed E-state index contributed by atoms with van der Waals surface area (Å²) in [5.74, 6) is 0.539. The number of nitrogens with zero attached hydrogens (tertiary/aromatic N) is 7. The first kappa shape index (κ1) is 23.5. The highest BCUT2D eigenvalue weighted by Gasteiger charge is 2.22. The number of nitrogen functional groups attached to an aromatic ring is 1. The van der Waals surface area contributed by atoms with E-state index in [4.69, 9.17) is 10.7 Å². The summed E-state index contributed by atoms with van der Waals surface area (Å²) in [4.78, 5) is 35.4. The van der Waals surface area contributed by atoms with Gasteiger partial charge in [-0.15, -0.1) is 0 Å². The predicted octanol–water partition coefficient (Wildman–Crippen LogP) is 3.71. The van der Waals surface area contributed by atoms with E-state index < -0.39 is 17.4 Å². The molecular weight excluding hydrogens is 473 g/mol. The molecule has 0 spiro atoms. The summed E-state index contributed by atoms with van der Waals surface area (Å²) in [6, 6.07) is 12.4. The topological polar surface area (TPSA) is 148 Å². The minimum absolute atomic E-state index is 0.0207. The molecule has 1 atom stereocenters. The van der Waals surface area contributed by atoms with Gasteiger partial charge in [0.1, 0.15) is 34.9 Å². The van der Waals surface area contributed by atoms with Crippen molar-refractivity contribution in [2.75, 3.05) is 11.1 Å². The minimum atomic E-state index is -0.645. The molecule has 0 aliphatic heterocycles. The van der Waals surface area contributed by atoms with Crippen molar-refractivity contribution in [2.24, 2.45) is 0 Å². The number of nitrogens with one attached hydrogen (secondary N) is 1. The highest BCUT2D eigenvalue weighted by molar-refractivity contribution is 5.94. The minimum Gasteiger partial charge on any atom is -0.368 e. The third-order valence-electron chi connectivity index (χ3n) is 5.75. The van der Waals surface area contributed by atoms with Gasteiger partial charge < -0.3 is 11.1 Å². The monoisotopic (exact) mass is 493 g/mol. The van der Waals surface area contributed by atoms with Crippen LogP contribution in [0.5, 0.6) is 0 Å². The van der Waals surface area contributed by atoms with Crippen LogP contribution in [-0.2, 0) is 0 Å². The first-order chi connectivity index (χ1) is 17.9. The zero-order chi connectivity index (χ0) is 26.1. The second-order valence-electron chi connectivity index (χ2n) is 8.28. The molecule has 0 saturated heterocycles. The molecule has 0 bridgehead atoms. The largest absolute Gasteiger partial charge is 0.368 e. The molecule has 0 fully saturated rings. The van der Waals surface area contributed by atoms with E-state index in [1.54, 1.807) is 50.5 Å². The number of hydrogen-bond donors (Lipinski definition) is 2. The average molecular weight is 494 g/mol. The highest BCUT2D eigenvalue weighted by atomic mass is 19.1. The van der Waals surface area contributed by atoms with Crippen LogP contribution >= 0.6 is 0 Å². The lowest BCUT2D eigenvalue weighted by molar-refractivity contribution is 0.624. The number of aryl methyl sites for hydroxylation is 1. The van der Waals surface area contributed by atoms with E-state index in [1.165, 1.54) is 29.0 Å². The zero-order valence-corrected chi connectivity index (χ0v) is 19.8. The fourth-order valence-corrected chi connectivity index (χ4v) is 4.03. The second kappa shape index (κ2) is 9.43. The lowest BCUT2D eigenvalue weighted by Gasteiger charge is -2.21. The fraction of sp³-hybridized carbons (Fsp3) is 0.115. The van der Waals surface area contributed by atoms with Crippen LogP contribution in [0.3, 0.4) is 0 Å². The van der Waals surface area contributed by atoms with Crippen molar-refractivity contribution in [2.45, 2.75) is 19.9 Å². The molecule has 0 saturated carbocycles. The van der Waals surface area contributed by atoms with Gasteiger partial charge in [-0.05, 0) is 43.7 Å². The zero-order valence-electron chi connectivity index (χ0n) is 19.8. The normalized spacial score (nSPS) is 11.7. The number of benzene rings is 2. The average Bonchev–Trinajstić information content (AvgIpc) is 2.89. The van der Waals surface area contributed by atoms with Crippen molar-refractivity contribution in [3.8, 4) is 22.9 Å². The number of hydrogen-bond acceptors (Lipinski definition) is 9. The van der Waals surface area contributed by atoms with E-state index in [0.717, 1.165) is 0 Å². The van der Waals surface area contributed by atoms with Crippen LogP contribution in [0.15, 0.2) is 65.8 Å². The Balaban J connectivity index is 1.76. The van der Waals surface area contributed by atoms with Crippen molar-refractivity contribution < 1.29 is 4.39 Å². The molecule has 0 amide bonds. The number of fused-ring (bicyclic) bond motifs is 1. The van der Waals surface area contributed by atoms with Crippen LogP contribution in [-0.4, -0.2) is 29.5 Å². The number of rotatable bonds is 5. The molecular formula is C26H20FN9O. The number of anilines is 2. The van der Waals surface area contributed by atoms with Gasteiger partial charge in [-0.3, -0.25) is 9.36 Å². The Labute approximate surface area is 210 Å². The van der Waals surface area contributed by atoms with Crippen molar-refractivity contribution in [3.63, 3.8) is 0 Å². The van der Waals surface area contributed by atoms with Crippen molar-refractivity contribution in [3.05, 3.63) is 94.4 Å². The molecule has 182 valence electrons. The van der Waals surface area contributed by atoms with Crippen molar-refractivity contribution in [1.29, 1.82) is 5.26 Å². The van der Waals surface area contributed by atoms with E-state index in [-0.39, 0.29) is 23.2 Å². The molecule has 10 nitrogen and oxygen atoms in total. The summed E-state index contributed by atoms with van der Waals surface area (Å²) in [5.41, 5.74) is 7.46. The van der Waals surface area contributed by atoms with E-state index in [2.05, 4.69) is 25.3 Å². The molecule has 5 aromatic rings. The summed E-state index contributed by atoms with van der Waals surface area (Å²) < 4.78 is 15.6. The Morgan fingerprint density at radius 1 is 1.08 bits per heavy atom. The SMILES string of the molecule is Cc1ncc(-c2cccc3nc([C@@H](C)Nc4nc(N)ncc4C#N)n(-c4cccc(F)c4)c(=O)c23)cn1. The first-order valence-electron chi connectivity index (χ1n) is 11.3. The van der Waals surface area contributed by atoms with Gasteiger partial charge in [0, 0.05) is 18.0 Å². The summed E-state index contributed by atoms with van der Waals surface area (Å²) >= 11 is 0. The maximum atomic E-state index is 14.3. The Kier molecular flexibility index (Phi) is 5.99. The van der Waals surface area contributed by atoms with E-state index in [0.29, 0.717) is 33.5 Å². The Bertz CT molecular complexity index is 1740. The van der Waals surface area contributed by atoms with Crippen molar-refractivity contribution >= 4 is 22.7 Å². The van der Waals surface area contributed by atoms with Gasteiger partial charge in [0.2, 0.25) is 5.95 Å². The number of nitrogens with two attached hydrogens (primary N) is 1. The van der Waals surface area contributed by atoms with E-state index in [1.807, 2.05) is 6.07 Å². The van der Waals surface area contributed by atoms with Gasteiger partial charge in [0.15, 0.2) is 0 Å². The number of nitriles is 1. The summed E-state index contributed by atoms with van der Waals surface area (Å²) in [6.45, 7) is 3.52. The smallest absolute Gasteiger partial charge is 0.266 e. The van der Waals surface area contributed by atoms with Crippen LogP contribution in [0.2, 0.25) is 0 Å². The standard InChI is InChI=1S/C26H20FN9O/c1-14(33-23-16(10-28)11-32-26(29)35-23)24-34-21-8-4-7-20(17-12-30-15(2)31-13-17)22(21)25(37)36(24)19-6-3-5-18(27)9-19/h3-9,11-14H,1-2H3,(H3,29,32,33,35)/t14-/m1/s1. The van der Waals surface area contributed by atoms with Gasteiger partial charge in [0.05, 0.1) is 28.8 Å². The molecule has 37 heavy (non-hydrogen) atoms. The third-order valence-corrected chi connectivity index (χ3v) is 5.75. The molecule has 0 aliphatic carbocycles. The maximum Gasteiger partial charge on any atom is 0.266 e. The van der Waals surface area contributed by atoms with Crippen molar-refractivity contribution in [1.82, 2.24) is 29.5 Å². The summed E-state index contributed by atoms with van der Waals surface area (Å²) in [7, 11) is 0. The predicted molar refractivity (Wildman–Crippen MR) is 136 cm³/mol. The Morgan fingerprint density at radius 3 is 2.57 bits per heavy atom. The highest BCUT2D eigenvalue weighted by Crippen LogP contribution is 2.28. The van der Waals surface area contributed by atoms with Gasteiger partial charge in [-0.2, -0.15) is 10.2 Å². The number of aromatic nitrogens is 6. The third kappa shape index (κ3) is 4.43. The van der Waals surface area contributed by atoms with E-state index >= 15 is 0 Å². The summed E-state index contributed by atoms with van der Waals surface area (Å²) in [5, 5.41) is 12.9. The lowest BCUT2D eigenvalue weighted by Crippen LogP contribution is -2.28. The maximum absolute atomic E-state index is 14.3. The molecule has 0 aliphatic rings. The van der Waals surface area contributed by atoms with Crippen LogP contribution in [0, 0.1) is 24.1 Å². The van der Waals surface area contributed by atoms with Crippen LogP contribution in [0.1, 0.15) is 30.2 Å². The molecule has 5 rings (SSSR count). The van der Waals surface area contributed by atoms with Gasteiger partial charge >= 0.3 is 0 Å². The molecule has 0 radical (unpaired) electrons. The molecule has 11 heteroatoms. The molecule has 3 heterocycles. The van der Waals surface area contributed by atoms with Crippen LogP contribution in [0.4, 0.5) is 16.2 Å². The fourth-order valence-electron chi connectivity index (χ4n) is 4.03. The van der Waals surface area contributed by atoms with Crippen LogP contribution < -0.4 is 16.6 Å². The molecule has 0 unspecified atom stereocenters. The van der Waals surface area contributed by atoms with E-state index in [9.17, 15) is 14.4 Å². The quantitative estimate of drug-likeness (QED) is 0.374. The molecule has 3 N–H and O–H groups in total. The van der Waals surface area contributed by atoms with Gasteiger partial charge in [-0.25, -0.2) is 24.3 Å². The lowest BCUT2D eigenvalue weighted by atomic mass is 10.0. The van der Waals surface area contributed by atoms with Gasteiger partial charge in [-0.1, -0.05) is 18.2 Å². The van der Waals surface area contributed by atoms with Crippen LogP contribution in [0.25, 0.3) is 27.7 Å². The van der Waals surface area contributed by atoms with Gasteiger partial charge in [0.25, 0.3) is 5.56 Å². The number of halogens is 1. The molecule has 3 aromatic heterocycles. The molecule has 2 aromatic carbocycles. The first-order valence-corrected chi connectivity index (χ1v) is 11.3. The Morgan fingerprint density at radius 2 is 1.84 bits per heavy atom. The Hall–Kier alpha value is -5.24. The second-order valence-corrected chi connectivity index (χ2v) is 8.28. The summed E-state index contributed by atoms with van der Waals surface area (Å²) in [6.07, 6.45) is 4.59.